The van der Waals surface area contributed by atoms with E-state index in [2.05, 4.69) is 17.0 Å². The molecule has 1 aliphatic carbocycles. The minimum atomic E-state index is -3.85. The molecule has 1 unspecified atom stereocenters. The number of sulfonamides is 1. The van der Waals surface area contributed by atoms with Crippen LogP contribution in [0.1, 0.15) is 69.3 Å². The van der Waals surface area contributed by atoms with Crippen LogP contribution in [0, 0.1) is 5.92 Å². The third kappa shape index (κ3) is 9.58. The molecule has 0 N–H and O–H groups in total. The fraction of sp³-hybridized carbons (Fsp3) is 0.667. The van der Waals surface area contributed by atoms with E-state index in [0.717, 1.165) is 44.6 Å². The summed E-state index contributed by atoms with van der Waals surface area (Å²) in [6, 6.07) is 17.3. The van der Waals surface area contributed by atoms with Gasteiger partial charge in [-0.1, -0.05) is 49.6 Å². The first-order valence-corrected chi connectivity index (χ1v) is 20.7. The number of hydrogen-bond acceptors (Lipinski definition) is 7. The Labute approximate surface area is 290 Å². The van der Waals surface area contributed by atoms with E-state index < -0.39 is 26.3 Å². The Balaban J connectivity index is 1.37. The van der Waals surface area contributed by atoms with Crippen LogP contribution in [0.4, 0.5) is 5.69 Å². The molecule has 268 valence electrons. The van der Waals surface area contributed by atoms with Crippen LogP contribution in [0.15, 0.2) is 59.5 Å². The summed E-state index contributed by atoms with van der Waals surface area (Å²) in [4.78, 5) is 4.63. The molecular weight excluding hydrogens is 647 g/mol. The first-order chi connectivity index (χ1) is 23.1. The third-order valence-corrected chi connectivity index (χ3v) is 14.4. The summed E-state index contributed by atoms with van der Waals surface area (Å²) in [5.41, 5.74) is 2.18. The quantitative estimate of drug-likeness (QED) is 0.369. The van der Waals surface area contributed by atoms with Crippen LogP contribution >= 0.6 is 0 Å². The van der Waals surface area contributed by atoms with E-state index in [1.807, 2.05) is 49.3 Å². The Kier molecular flexibility index (Phi) is 13.4. The summed E-state index contributed by atoms with van der Waals surface area (Å²) in [5, 5.41) is 0. The molecule has 2 aromatic carbocycles. The van der Waals surface area contributed by atoms with Crippen LogP contribution in [0.3, 0.4) is 0 Å². The molecule has 1 atom stereocenters. The summed E-state index contributed by atoms with van der Waals surface area (Å²) in [7, 11) is -2.24. The second-order valence-electron chi connectivity index (χ2n) is 14.1. The molecule has 0 amide bonds. The topological polar surface area (TPSA) is 93.7 Å². The average Bonchev–Trinajstić information content (AvgIpc) is 3.10. The predicted octanol–water partition coefficient (Wildman–Crippen LogP) is 4.86. The van der Waals surface area contributed by atoms with Gasteiger partial charge in [0.1, 0.15) is 0 Å². The molecule has 0 aromatic heterocycles. The summed E-state index contributed by atoms with van der Waals surface area (Å²) in [6.45, 7) is 4.39. The lowest BCUT2D eigenvalue weighted by Gasteiger charge is -2.37. The minimum absolute atomic E-state index is 0.0823. The van der Waals surface area contributed by atoms with Gasteiger partial charge in [-0.2, -0.15) is 21.3 Å². The highest BCUT2D eigenvalue weighted by Gasteiger charge is 2.36. The van der Waals surface area contributed by atoms with Gasteiger partial charge in [0.25, 0.3) is 10.2 Å². The Morgan fingerprint density at radius 1 is 0.688 bits per heavy atom. The van der Waals surface area contributed by atoms with Crippen LogP contribution in [0.25, 0.3) is 0 Å². The lowest BCUT2D eigenvalue weighted by molar-refractivity contribution is 0.0636. The molecule has 1 saturated carbocycles. The first kappa shape index (κ1) is 37.2. The van der Waals surface area contributed by atoms with Crippen LogP contribution in [0.5, 0.6) is 0 Å². The third-order valence-electron chi connectivity index (χ3n) is 10.5. The summed E-state index contributed by atoms with van der Waals surface area (Å²) in [5.74, 6) is 0.986. The molecule has 2 aromatic rings. The standard InChI is InChI=1S/C36H57N5O5S2/c1-37(2)34-16-18-36(19-17-34)47(42,43)40-24-10-22-38(28-31-12-6-4-7-13-31)23-11-25-41(30-35(29-40)46-3)48(44,45)39-26-20-33(21-27-39)32-14-8-5-9-15-32/h5,8-9,14-19,31,33,35H,4,6-7,10-13,20-30H2,1-3H3. The van der Waals surface area contributed by atoms with Gasteiger partial charge in [-0.05, 0) is 93.3 Å². The first-order valence-electron chi connectivity index (χ1n) is 17.9. The molecule has 10 nitrogen and oxygen atoms in total. The van der Waals surface area contributed by atoms with Crippen molar-refractivity contribution >= 4 is 25.9 Å². The Morgan fingerprint density at radius 3 is 1.90 bits per heavy atom. The van der Waals surface area contributed by atoms with Crippen LogP contribution in [0.2, 0.25) is 0 Å². The molecule has 0 radical (unpaired) electrons. The number of benzene rings is 2. The SMILES string of the molecule is COC1CN(S(=O)(=O)c2ccc(N(C)C)cc2)CCCN(CC2CCCCC2)CCCN(S(=O)(=O)N2CCC(c3ccccc3)CC2)C1. The van der Waals surface area contributed by atoms with E-state index in [1.165, 1.54) is 42.0 Å². The summed E-state index contributed by atoms with van der Waals surface area (Å²) in [6.07, 6.45) is 8.66. The molecule has 2 heterocycles. The zero-order valence-corrected chi connectivity index (χ0v) is 30.9. The van der Waals surface area contributed by atoms with Crippen molar-refractivity contribution in [1.29, 1.82) is 0 Å². The summed E-state index contributed by atoms with van der Waals surface area (Å²) >= 11 is 0. The summed E-state index contributed by atoms with van der Waals surface area (Å²) < 4.78 is 67.4. The van der Waals surface area contributed by atoms with E-state index in [1.54, 1.807) is 27.9 Å². The fourth-order valence-corrected chi connectivity index (χ4v) is 10.8. The second-order valence-corrected chi connectivity index (χ2v) is 17.9. The smallest absolute Gasteiger partial charge is 0.282 e. The zero-order chi connectivity index (χ0) is 34.1. The molecule has 48 heavy (non-hydrogen) atoms. The predicted molar refractivity (Wildman–Crippen MR) is 193 cm³/mol. The van der Waals surface area contributed by atoms with Crippen LogP contribution < -0.4 is 4.90 Å². The monoisotopic (exact) mass is 703 g/mol. The van der Waals surface area contributed by atoms with E-state index >= 15 is 0 Å². The van der Waals surface area contributed by atoms with Gasteiger partial charge in [-0.3, -0.25) is 0 Å². The van der Waals surface area contributed by atoms with Crippen molar-refractivity contribution in [3.8, 4) is 0 Å². The van der Waals surface area contributed by atoms with Crippen molar-refractivity contribution < 1.29 is 21.6 Å². The van der Waals surface area contributed by atoms with Gasteiger partial charge in [-0.15, -0.1) is 0 Å². The molecule has 3 aliphatic rings. The number of anilines is 1. The van der Waals surface area contributed by atoms with E-state index in [4.69, 9.17) is 4.74 Å². The number of nitrogens with zero attached hydrogens (tertiary/aromatic N) is 5. The van der Waals surface area contributed by atoms with Gasteiger partial charge in [0.2, 0.25) is 10.0 Å². The second kappa shape index (κ2) is 17.2. The number of ether oxygens (including phenoxy) is 1. The molecule has 0 spiro atoms. The van der Waals surface area contributed by atoms with Crippen molar-refractivity contribution in [1.82, 2.24) is 17.8 Å². The highest BCUT2D eigenvalue weighted by molar-refractivity contribution is 7.89. The number of rotatable bonds is 9. The van der Waals surface area contributed by atoms with Crippen molar-refractivity contribution in [2.45, 2.75) is 74.7 Å². The normalized spacial score (nSPS) is 23.4. The molecule has 2 aliphatic heterocycles. The van der Waals surface area contributed by atoms with Crippen molar-refractivity contribution in [2.24, 2.45) is 5.92 Å². The molecular formula is C36H57N5O5S2. The number of hydrogen-bond donors (Lipinski definition) is 0. The zero-order valence-electron chi connectivity index (χ0n) is 29.2. The maximum Gasteiger partial charge on any atom is 0.282 e. The van der Waals surface area contributed by atoms with Gasteiger partial charge < -0.3 is 14.5 Å². The average molecular weight is 704 g/mol. The van der Waals surface area contributed by atoms with E-state index in [9.17, 15) is 16.8 Å². The van der Waals surface area contributed by atoms with Gasteiger partial charge in [0, 0.05) is 72.7 Å². The number of methoxy groups -OCH3 is 1. The maximum absolute atomic E-state index is 14.3. The van der Waals surface area contributed by atoms with Gasteiger partial charge >= 0.3 is 0 Å². The van der Waals surface area contributed by atoms with Gasteiger partial charge in [0.15, 0.2) is 0 Å². The van der Waals surface area contributed by atoms with E-state index in [-0.39, 0.29) is 18.0 Å². The van der Waals surface area contributed by atoms with Crippen molar-refractivity contribution in [3.63, 3.8) is 0 Å². The van der Waals surface area contributed by atoms with Crippen LogP contribution in [-0.2, 0) is 25.0 Å². The van der Waals surface area contributed by atoms with Gasteiger partial charge in [-0.25, -0.2) is 8.42 Å². The fourth-order valence-electron chi connectivity index (χ4n) is 7.62. The largest absolute Gasteiger partial charge is 0.379 e. The van der Waals surface area contributed by atoms with Crippen molar-refractivity contribution in [3.05, 3.63) is 60.2 Å². The number of piperidine rings is 1. The van der Waals surface area contributed by atoms with Gasteiger partial charge in [0.05, 0.1) is 11.0 Å². The highest BCUT2D eigenvalue weighted by atomic mass is 32.2. The Hall–Kier alpha value is -2.06. The maximum atomic E-state index is 14.3. The molecule has 0 bridgehead atoms. The van der Waals surface area contributed by atoms with E-state index in [0.29, 0.717) is 44.4 Å². The lowest BCUT2D eigenvalue weighted by Crippen LogP contribution is -2.52. The Morgan fingerprint density at radius 2 is 1.29 bits per heavy atom. The minimum Gasteiger partial charge on any atom is -0.379 e. The Bertz CT molecular complexity index is 1480. The van der Waals surface area contributed by atoms with Crippen molar-refractivity contribution in [2.75, 3.05) is 85.0 Å². The molecule has 2 saturated heterocycles. The van der Waals surface area contributed by atoms with Crippen LogP contribution in [-0.4, -0.2) is 121 Å². The lowest BCUT2D eigenvalue weighted by atomic mass is 9.89. The molecule has 5 rings (SSSR count). The molecule has 3 fully saturated rings. The molecule has 12 heteroatoms. The highest BCUT2D eigenvalue weighted by Crippen LogP contribution is 2.30.